The SMILES string of the molecule is COc1ccc([C@H]2Oc3ccccc3C3=C2[C@H](c2cccnc2)n2nnnc2N3)cc1. The number of pyridine rings is 1. The van der Waals surface area contributed by atoms with E-state index in [1.54, 1.807) is 18.0 Å². The van der Waals surface area contributed by atoms with Gasteiger partial charge in [-0.2, -0.15) is 4.68 Å². The molecule has 0 saturated heterocycles. The fraction of sp³-hybridized carbons (Fsp3) is 0.130. The highest BCUT2D eigenvalue weighted by Gasteiger charge is 2.41. The van der Waals surface area contributed by atoms with Gasteiger partial charge in [-0.3, -0.25) is 4.98 Å². The largest absolute Gasteiger partial charge is 0.497 e. The highest BCUT2D eigenvalue weighted by molar-refractivity contribution is 5.85. The second-order valence-corrected chi connectivity index (χ2v) is 7.36. The number of anilines is 1. The lowest BCUT2D eigenvalue weighted by Gasteiger charge is -2.38. The quantitative estimate of drug-likeness (QED) is 0.552. The van der Waals surface area contributed by atoms with Crippen molar-refractivity contribution in [2.24, 2.45) is 0 Å². The molecule has 4 aromatic rings. The third kappa shape index (κ3) is 2.76. The Labute approximate surface area is 178 Å². The number of ether oxygens (including phenoxy) is 2. The molecule has 8 heteroatoms. The standard InChI is InChI=1S/C23H18N6O2/c1-30-16-10-8-14(9-11-16)22-19-20(17-6-2-3-7-18(17)31-22)25-23-26-27-28-29(23)21(19)15-5-4-12-24-13-15/h2-13,21-22H,1H3,(H,25,26,28)/t21-,22+/m0/s1. The van der Waals surface area contributed by atoms with Crippen molar-refractivity contribution in [1.29, 1.82) is 0 Å². The summed E-state index contributed by atoms with van der Waals surface area (Å²) >= 11 is 0. The van der Waals surface area contributed by atoms with Crippen LogP contribution in [0.2, 0.25) is 0 Å². The molecule has 0 aliphatic carbocycles. The van der Waals surface area contributed by atoms with Gasteiger partial charge in [-0.05, 0) is 51.9 Å². The molecule has 2 atom stereocenters. The Bertz CT molecular complexity index is 1280. The third-order valence-corrected chi connectivity index (χ3v) is 5.66. The van der Waals surface area contributed by atoms with Crippen LogP contribution in [-0.4, -0.2) is 32.3 Å². The van der Waals surface area contributed by atoms with E-state index in [0.29, 0.717) is 5.95 Å². The second-order valence-electron chi connectivity index (χ2n) is 7.36. The van der Waals surface area contributed by atoms with Crippen LogP contribution in [0, 0.1) is 0 Å². The van der Waals surface area contributed by atoms with E-state index in [-0.39, 0.29) is 12.1 Å². The van der Waals surface area contributed by atoms with Crippen LogP contribution >= 0.6 is 0 Å². The Kier molecular flexibility index (Phi) is 3.95. The van der Waals surface area contributed by atoms with Crippen LogP contribution in [0.1, 0.15) is 28.8 Å². The number of tetrazole rings is 1. The van der Waals surface area contributed by atoms with E-state index in [4.69, 9.17) is 9.47 Å². The molecule has 152 valence electrons. The van der Waals surface area contributed by atoms with Crippen molar-refractivity contribution >= 4 is 11.6 Å². The maximum absolute atomic E-state index is 6.56. The van der Waals surface area contributed by atoms with E-state index in [0.717, 1.165) is 39.5 Å². The minimum absolute atomic E-state index is 0.268. The molecule has 2 aromatic carbocycles. The monoisotopic (exact) mass is 410 g/mol. The van der Waals surface area contributed by atoms with Gasteiger partial charge in [0.2, 0.25) is 5.95 Å². The fourth-order valence-corrected chi connectivity index (χ4v) is 4.25. The Morgan fingerprint density at radius 2 is 1.87 bits per heavy atom. The average molecular weight is 410 g/mol. The molecule has 0 radical (unpaired) electrons. The van der Waals surface area contributed by atoms with Gasteiger partial charge in [0, 0.05) is 23.5 Å². The second kappa shape index (κ2) is 6.94. The molecule has 2 aromatic heterocycles. The molecule has 6 rings (SSSR count). The van der Waals surface area contributed by atoms with Gasteiger partial charge in [-0.1, -0.05) is 35.4 Å². The number of rotatable bonds is 3. The van der Waals surface area contributed by atoms with Crippen LogP contribution in [0.4, 0.5) is 5.95 Å². The van der Waals surface area contributed by atoms with E-state index in [1.807, 2.05) is 66.9 Å². The molecule has 31 heavy (non-hydrogen) atoms. The van der Waals surface area contributed by atoms with Crippen molar-refractivity contribution in [1.82, 2.24) is 25.2 Å². The zero-order chi connectivity index (χ0) is 20.8. The zero-order valence-electron chi connectivity index (χ0n) is 16.6. The lowest BCUT2D eigenvalue weighted by molar-refractivity contribution is 0.222. The predicted molar refractivity (Wildman–Crippen MR) is 114 cm³/mol. The smallest absolute Gasteiger partial charge is 0.248 e. The lowest BCUT2D eigenvalue weighted by atomic mass is 9.85. The number of nitrogens with zero attached hydrogens (tertiary/aromatic N) is 5. The van der Waals surface area contributed by atoms with Crippen LogP contribution in [0.3, 0.4) is 0 Å². The topological polar surface area (TPSA) is 87.0 Å². The first-order valence-electron chi connectivity index (χ1n) is 9.92. The van der Waals surface area contributed by atoms with E-state index in [9.17, 15) is 0 Å². The zero-order valence-corrected chi connectivity index (χ0v) is 16.6. The number of benzene rings is 2. The number of methoxy groups -OCH3 is 1. The summed E-state index contributed by atoms with van der Waals surface area (Å²) in [5.41, 5.74) is 4.95. The number of hydrogen-bond donors (Lipinski definition) is 1. The summed E-state index contributed by atoms with van der Waals surface area (Å²) in [6.45, 7) is 0. The molecule has 0 spiro atoms. The van der Waals surface area contributed by atoms with Gasteiger partial charge in [0.25, 0.3) is 0 Å². The van der Waals surface area contributed by atoms with Crippen molar-refractivity contribution in [3.05, 3.63) is 95.3 Å². The molecule has 0 bridgehead atoms. The minimum atomic E-state index is -0.342. The number of fused-ring (bicyclic) bond motifs is 3. The molecular formula is C23H18N6O2. The van der Waals surface area contributed by atoms with Gasteiger partial charge in [-0.15, -0.1) is 0 Å². The van der Waals surface area contributed by atoms with Crippen LogP contribution in [0.15, 0.2) is 78.6 Å². The van der Waals surface area contributed by atoms with Crippen LogP contribution < -0.4 is 14.8 Å². The van der Waals surface area contributed by atoms with Gasteiger partial charge < -0.3 is 14.8 Å². The summed E-state index contributed by atoms with van der Waals surface area (Å²) < 4.78 is 13.7. The summed E-state index contributed by atoms with van der Waals surface area (Å²) in [5.74, 6) is 2.18. The van der Waals surface area contributed by atoms with Gasteiger partial charge >= 0.3 is 0 Å². The molecule has 0 fully saturated rings. The first-order valence-corrected chi connectivity index (χ1v) is 9.92. The first kappa shape index (κ1) is 17.6. The molecule has 0 saturated carbocycles. The van der Waals surface area contributed by atoms with Crippen molar-refractivity contribution in [3.63, 3.8) is 0 Å². The molecule has 4 heterocycles. The number of para-hydroxylation sites is 1. The molecule has 0 amide bonds. The van der Waals surface area contributed by atoms with Crippen molar-refractivity contribution < 1.29 is 9.47 Å². The average Bonchev–Trinajstić information content (AvgIpc) is 3.31. The number of nitrogens with one attached hydrogen (secondary N) is 1. The first-order chi connectivity index (χ1) is 15.3. The van der Waals surface area contributed by atoms with E-state index >= 15 is 0 Å². The van der Waals surface area contributed by atoms with Gasteiger partial charge in [-0.25, -0.2) is 0 Å². The van der Waals surface area contributed by atoms with E-state index in [1.165, 1.54) is 0 Å². The Morgan fingerprint density at radius 1 is 1.00 bits per heavy atom. The molecule has 8 nitrogen and oxygen atoms in total. The molecule has 2 aliphatic rings. The van der Waals surface area contributed by atoms with Crippen molar-refractivity contribution in [3.8, 4) is 11.5 Å². The van der Waals surface area contributed by atoms with Crippen LogP contribution in [0.25, 0.3) is 5.70 Å². The van der Waals surface area contributed by atoms with Crippen LogP contribution in [0.5, 0.6) is 11.5 Å². The lowest BCUT2D eigenvalue weighted by Crippen LogP contribution is -2.32. The van der Waals surface area contributed by atoms with Crippen molar-refractivity contribution in [2.75, 3.05) is 12.4 Å². The molecular weight excluding hydrogens is 392 g/mol. The Balaban J connectivity index is 1.60. The van der Waals surface area contributed by atoms with Gasteiger partial charge in [0.1, 0.15) is 23.6 Å². The normalized spacial score (nSPS) is 18.9. The predicted octanol–water partition coefficient (Wildman–Crippen LogP) is 3.64. The Morgan fingerprint density at radius 3 is 2.68 bits per heavy atom. The van der Waals surface area contributed by atoms with E-state index < -0.39 is 0 Å². The number of aromatic nitrogens is 5. The van der Waals surface area contributed by atoms with Crippen LogP contribution in [-0.2, 0) is 0 Å². The number of hydrogen-bond acceptors (Lipinski definition) is 7. The summed E-state index contributed by atoms with van der Waals surface area (Å²) in [4.78, 5) is 4.34. The summed E-state index contributed by atoms with van der Waals surface area (Å²) in [5, 5.41) is 15.8. The van der Waals surface area contributed by atoms with E-state index in [2.05, 4.69) is 25.8 Å². The highest BCUT2D eigenvalue weighted by Crippen LogP contribution is 2.50. The van der Waals surface area contributed by atoms with Gasteiger partial charge in [0.05, 0.1) is 12.8 Å². The van der Waals surface area contributed by atoms with Crippen molar-refractivity contribution in [2.45, 2.75) is 12.1 Å². The molecule has 0 unspecified atom stereocenters. The minimum Gasteiger partial charge on any atom is -0.497 e. The maximum Gasteiger partial charge on any atom is 0.248 e. The summed E-state index contributed by atoms with van der Waals surface area (Å²) in [6, 6.07) is 19.6. The third-order valence-electron chi connectivity index (χ3n) is 5.66. The fourth-order valence-electron chi connectivity index (χ4n) is 4.25. The maximum atomic E-state index is 6.56. The molecule has 1 N–H and O–H groups in total. The summed E-state index contributed by atoms with van der Waals surface area (Å²) in [6.07, 6.45) is 3.26. The van der Waals surface area contributed by atoms with Gasteiger partial charge in [0.15, 0.2) is 0 Å². The molecule has 2 aliphatic heterocycles. The summed E-state index contributed by atoms with van der Waals surface area (Å²) in [7, 11) is 1.66. The highest BCUT2D eigenvalue weighted by atomic mass is 16.5. The Hall–Kier alpha value is -4.20.